The van der Waals surface area contributed by atoms with E-state index < -0.39 is 0 Å². The molecule has 0 radical (unpaired) electrons. The van der Waals surface area contributed by atoms with Gasteiger partial charge in [-0.2, -0.15) is 0 Å². The molecule has 0 bridgehead atoms. The van der Waals surface area contributed by atoms with Crippen molar-refractivity contribution < 1.29 is 4.52 Å². The third-order valence-corrected chi connectivity index (χ3v) is 3.34. The third kappa shape index (κ3) is 4.60. The predicted octanol–water partition coefficient (Wildman–Crippen LogP) is 3.43. The minimum absolute atomic E-state index is 0.447. The van der Waals surface area contributed by atoms with Crippen LogP contribution in [-0.2, 0) is 13.1 Å². The van der Waals surface area contributed by atoms with Crippen LogP contribution in [0.15, 0.2) is 28.8 Å². The largest absolute Gasteiger partial charge is 0.367 e. The van der Waals surface area contributed by atoms with E-state index in [-0.39, 0.29) is 0 Å². The Balaban J connectivity index is 2.00. The molecule has 0 saturated carbocycles. The lowest BCUT2D eigenvalue weighted by atomic mass is 10.1. The molecule has 0 spiro atoms. The number of hydrogen-bond acceptors (Lipinski definition) is 4. The summed E-state index contributed by atoms with van der Waals surface area (Å²) in [5.41, 5.74) is 4.70. The number of aryl methyl sites for hydroxylation is 2. The van der Waals surface area contributed by atoms with Gasteiger partial charge in [0, 0.05) is 31.4 Å². The van der Waals surface area contributed by atoms with Gasteiger partial charge in [0.25, 0.3) is 0 Å². The molecule has 21 heavy (non-hydrogen) atoms. The lowest BCUT2D eigenvalue weighted by Gasteiger charge is -2.18. The number of hydrogen-bond donors (Lipinski definition) is 1. The van der Waals surface area contributed by atoms with E-state index in [4.69, 9.17) is 4.52 Å². The van der Waals surface area contributed by atoms with Crippen molar-refractivity contribution in [3.8, 4) is 0 Å². The van der Waals surface area contributed by atoms with Gasteiger partial charge in [0.15, 0.2) is 5.76 Å². The topological polar surface area (TPSA) is 41.3 Å². The van der Waals surface area contributed by atoms with Crippen molar-refractivity contribution in [3.63, 3.8) is 0 Å². The number of benzene rings is 1. The van der Waals surface area contributed by atoms with Gasteiger partial charge >= 0.3 is 0 Å². The Kier molecular flexibility index (Phi) is 5.02. The summed E-state index contributed by atoms with van der Waals surface area (Å²) in [6.07, 6.45) is 0. The third-order valence-electron chi connectivity index (χ3n) is 3.34. The van der Waals surface area contributed by atoms with Crippen molar-refractivity contribution in [1.29, 1.82) is 0 Å². The maximum Gasteiger partial charge on any atom is 0.156 e. The molecule has 4 heteroatoms. The van der Waals surface area contributed by atoms with E-state index >= 15 is 0 Å². The van der Waals surface area contributed by atoms with Gasteiger partial charge in [-0.3, -0.25) is 0 Å². The van der Waals surface area contributed by atoms with E-state index in [9.17, 15) is 0 Å². The van der Waals surface area contributed by atoms with E-state index in [0.29, 0.717) is 6.04 Å². The Labute approximate surface area is 127 Å². The van der Waals surface area contributed by atoms with Gasteiger partial charge in [0.2, 0.25) is 0 Å². The van der Waals surface area contributed by atoms with E-state index in [0.717, 1.165) is 24.5 Å². The number of rotatable bonds is 6. The van der Waals surface area contributed by atoms with Crippen LogP contribution in [0.1, 0.15) is 36.4 Å². The molecule has 0 amide bonds. The highest BCUT2D eigenvalue weighted by Crippen LogP contribution is 2.19. The standard InChI is InChI=1S/C17H25N3O/c1-12(2)18-10-15-9-17(21-19-15)11-20(5)16-7-13(3)6-14(4)8-16/h6-9,12,18H,10-11H2,1-5H3. The normalized spacial score (nSPS) is 11.1. The summed E-state index contributed by atoms with van der Waals surface area (Å²) in [5.74, 6) is 0.886. The molecule has 0 unspecified atom stereocenters. The average Bonchev–Trinajstić information content (AvgIpc) is 2.83. The van der Waals surface area contributed by atoms with Gasteiger partial charge in [0.1, 0.15) is 0 Å². The van der Waals surface area contributed by atoms with Crippen molar-refractivity contribution in [2.75, 3.05) is 11.9 Å². The number of nitrogens with zero attached hydrogens (tertiary/aromatic N) is 2. The molecule has 1 aromatic heterocycles. The van der Waals surface area contributed by atoms with Crippen LogP contribution in [0, 0.1) is 13.8 Å². The first kappa shape index (κ1) is 15.6. The van der Waals surface area contributed by atoms with Gasteiger partial charge in [-0.05, 0) is 37.1 Å². The summed E-state index contributed by atoms with van der Waals surface area (Å²) in [6.45, 7) is 9.94. The fourth-order valence-corrected chi connectivity index (χ4v) is 2.32. The van der Waals surface area contributed by atoms with Crippen molar-refractivity contribution in [1.82, 2.24) is 10.5 Å². The molecule has 0 atom stereocenters. The minimum atomic E-state index is 0.447. The molecule has 0 aliphatic carbocycles. The zero-order valence-corrected chi connectivity index (χ0v) is 13.6. The van der Waals surface area contributed by atoms with Crippen LogP contribution in [0.2, 0.25) is 0 Å². The second-order valence-corrected chi connectivity index (χ2v) is 6.02. The maximum atomic E-state index is 5.42. The van der Waals surface area contributed by atoms with Gasteiger partial charge in [-0.25, -0.2) is 0 Å². The number of anilines is 1. The molecule has 1 N–H and O–H groups in total. The first-order valence-electron chi connectivity index (χ1n) is 7.41. The van der Waals surface area contributed by atoms with Crippen LogP contribution in [-0.4, -0.2) is 18.2 Å². The fourth-order valence-electron chi connectivity index (χ4n) is 2.32. The Hall–Kier alpha value is -1.81. The summed E-state index contributed by atoms with van der Waals surface area (Å²) in [5, 5.41) is 7.44. The lowest BCUT2D eigenvalue weighted by molar-refractivity contribution is 0.374. The molecular formula is C17H25N3O. The highest BCUT2D eigenvalue weighted by molar-refractivity contribution is 5.50. The molecule has 0 aliphatic heterocycles. The van der Waals surface area contributed by atoms with E-state index in [1.54, 1.807) is 0 Å². The second kappa shape index (κ2) is 6.76. The maximum absolute atomic E-state index is 5.42. The van der Waals surface area contributed by atoms with Crippen LogP contribution in [0.4, 0.5) is 5.69 Å². The van der Waals surface area contributed by atoms with Gasteiger partial charge in [-0.15, -0.1) is 0 Å². The Morgan fingerprint density at radius 1 is 1.14 bits per heavy atom. The molecule has 1 aromatic carbocycles. The number of aromatic nitrogens is 1. The number of nitrogens with one attached hydrogen (secondary N) is 1. The molecule has 4 nitrogen and oxygen atoms in total. The highest BCUT2D eigenvalue weighted by atomic mass is 16.5. The first-order chi connectivity index (χ1) is 9.94. The van der Waals surface area contributed by atoms with Crippen LogP contribution >= 0.6 is 0 Å². The van der Waals surface area contributed by atoms with E-state index in [1.165, 1.54) is 16.8 Å². The SMILES string of the molecule is Cc1cc(C)cc(N(C)Cc2cc(CNC(C)C)no2)c1. The Morgan fingerprint density at radius 3 is 2.43 bits per heavy atom. The smallest absolute Gasteiger partial charge is 0.156 e. The molecule has 2 aromatic rings. The van der Waals surface area contributed by atoms with Gasteiger partial charge in [-0.1, -0.05) is 25.1 Å². The molecule has 2 rings (SSSR count). The van der Waals surface area contributed by atoms with Crippen molar-refractivity contribution in [3.05, 3.63) is 46.8 Å². The zero-order chi connectivity index (χ0) is 15.4. The van der Waals surface area contributed by atoms with Crippen molar-refractivity contribution in [2.24, 2.45) is 0 Å². The molecule has 1 heterocycles. The quantitative estimate of drug-likeness (QED) is 0.884. The highest BCUT2D eigenvalue weighted by Gasteiger charge is 2.09. The first-order valence-corrected chi connectivity index (χ1v) is 7.41. The molecule has 0 saturated heterocycles. The van der Waals surface area contributed by atoms with Gasteiger partial charge < -0.3 is 14.7 Å². The summed E-state index contributed by atoms with van der Waals surface area (Å²) in [7, 11) is 2.07. The summed E-state index contributed by atoms with van der Waals surface area (Å²) in [4.78, 5) is 2.18. The van der Waals surface area contributed by atoms with Gasteiger partial charge in [0.05, 0.1) is 12.2 Å². The zero-order valence-electron chi connectivity index (χ0n) is 13.6. The Bertz CT molecular complexity index is 569. The lowest BCUT2D eigenvalue weighted by Crippen LogP contribution is -2.21. The second-order valence-electron chi connectivity index (χ2n) is 6.02. The molecular weight excluding hydrogens is 262 g/mol. The fraction of sp³-hybridized carbons (Fsp3) is 0.471. The summed E-state index contributed by atoms with van der Waals surface area (Å²) < 4.78 is 5.42. The minimum Gasteiger partial charge on any atom is -0.367 e. The molecule has 114 valence electrons. The van der Waals surface area contributed by atoms with Crippen molar-refractivity contribution >= 4 is 5.69 Å². The Morgan fingerprint density at radius 2 is 1.81 bits per heavy atom. The van der Waals surface area contributed by atoms with Crippen molar-refractivity contribution in [2.45, 2.75) is 46.8 Å². The van der Waals surface area contributed by atoms with E-state index in [1.807, 2.05) is 6.07 Å². The monoisotopic (exact) mass is 287 g/mol. The summed E-state index contributed by atoms with van der Waals surface area (Å²) in [6, 6.07) is 9.02. The predicted molar refractivity (Wildman–Crippen MR) is 86.5 cm³/mol. The van der Waals surface area contributed by atoms with Crippen LogP contribution in [0.25, 0.3) is 0 Å². The average molecular weight is 287 g/mol. The van der Waals surface area contributed by atoms with Crippen LogP contribution in [0.5, 0.6) is 0 Å². The van der Waals surface area contributed by atoms with E-state index in [2.05, 4.69) is 68.3 Å². The summed E-state index contributed by atoms with van der Waals surface area (Å²) >= 11 is 0. The molecule has 0 fully saturated rings. The molecule has 0 aliphatic rings. The van der Waals surface area contributed by atoms with Crippen LogP contribution < -0.4 is 10.2 Å². The van der Waals surface area contributed by atoms with Crippen LogP contribution in [0.3, 0.4) is 0 Å².